The topological polar surface area (TPSA) is 83.0 Å². The number of piperidine rings is 1. The number of ether oxygens (including phenoxy) is 1. The molecule has 0 radical (unpaired) electrons. The van der Waals surface area contributed by atoms with Crippen LogP contribution in [0.3, 0.4) is 0 Å². The highest BCUT2D eigenvalue weighted by Crippen LogP contribution is 2.15. The maximum atomic E-state index is 13.8. The number of guanidine groups is 1. The van der Waals surface area contributed by atoms with Gasteiger partial charge in [0.2, 0.25) is 0 Å². The van der Waals surface area contributed by atoms with Gasteiger partial charge in [-0.15, -0.1) is 0 Å². The van der Waals surface area contributed by atoms with Crippen LogP contribution >= 0.6 is 0 Å². The summed E-state index contributed by atoms with van der Waals surface area (Å²) in [6.07, 6.45) is 3.05. The molecule has 7 nitrogen and oxygen atoms in total. The number of sulfone groups is 1. The number of rotatable bonds is 10. The Kier molecular flexibility index (Phi) is 9.83. The first-order chi connectivity index (χ1) is 14.0. The Bertz CT molecular complexity index is 750. The fourth-order valence-corrected chi connectivity index (χ4v) is 4.53. The monoisotopic (exact) mass is 428 g/mol. The number of methoxy groups -OCH3 is 1. The molecule has 1 aromatic carbocycles. The van der Waals surface area contributed by atoms with Crippen molar-refractivity contribution in [3.63, 3.8) is 0 Å². The molecular formula is C20H33FN4O3S. The number of aliphatic imine (C=N–C) groups is 1. The third-order valence-electron chi connectivity index (χ3n) is 4.90. The molecule has 0 unspecified atom stereocenters. The minimum Gasteiger partial charge on any atom is -0.385 e. The minimum absolute atomic E-state index is 0.0713. The first-order valence-electron chi connectivity index (χ1n) is 10.2. The highest BCUT2D eigenvalue weighted by atomic mass is 32.2. The van der Waals surface area contributed by atoms with Gasteiger partial charge in [0, 0.05) is 45.9 Å². The number of nitrogens with zero attached hydrogens (tertiary/aromatic N) is 2. The van der Waals surface area contributed by atoms with Crippen molar-refractivity contribution < 1.29 is 17.5 Å². The van der Waals surface area contributed by atoms with Crippen LogP contribution in [0.25, 0.3) is 0 Å². The van der Waals surface area contributed by atoms with Gasteiger partial charge in [0.25, 0.3) is 0 Å². The zero-order valence-corrected chi connectivity index (χ0v) is 18.2. The predicted octanol–water partition coefficient (Wildman–Crippen LogP) is 1.66. The number of likely N-dealkylation sites (tertiary alicyclic amines) is 1. The van der Waals surface area contributed by atoms with Gasteiger partial charge in [-0.1, -0.05) is 12.1 Å². The van der Waals surface area contributed by atoms with Crippen molar-refractivity contribution in [1.82, 2.24) is 15.5 Å². The number of nitrogens with one attached hydrogen (secondary N) is 2. The SMILES string of the molecule is CCNC(=NCCS(=O)(=O)c1ccccc1F)NC1CCN(CCCOC)CC1. The van der Waals surface area contributed by atoms with Gasteiger partial charge in [-0.25, -0.2) is 12.8 Å². The summed E-state index contributed by atoms with van der Waals surface area (Å²) in [5, 5.41) is 6.56. The maximum Gasteiger partial charge on any atom is 0.191 e. The van der Waals surface area contributed by atoms with Gasteiger partial charge in [-0.3, -0.25) is 4.99 Å². The van der Waals surface area contributed by atoms with Crippen LogP contribution in [0, 0.1) is 5.82 Å². The predicted molar refractivity (Wildman–Crippen MR) is 114 cm³/mol. The zero-order valence-electron chi connectivity index (χ0n) is 17.4. The molecule has 0 saturated carbocycles. The number of benzene rings is 1. The van der Waals surface area contributed by atoms with E-state index in [1.165, 1.54) is 18.2 Å². The maximum absolute atomic E-state index is 13.8. The van der Waals surface area contributed by atoms with Crippen molar-refractivity contribution in [2.24, 2.45) is 4.99 Å². The fraction of sp³-hybridized carbons (Fsp3) is 0.650. The molecule has 29 heavy (non-hydrogen) atoms. The van der Waals surface area contributed by atoms with Crippen LogP contribution in [0.4, 0.5) is 4.39 Å². The summed E-state index contributed by atoms with van der Waals surface area (Å²) in [7, 11) is -1.99. The average Bonchev–Trinajstić information content (AvgIpc) is 2.70. The lowest BCUT2D eigenvalue weighted by molar-refractivity contribution is 0.155. The molecule has 1 saturated heterocycles. The molecule has 1 aliphatic rings. The summed E-state index contributed by atoms with van der Waals surface area (Å²) in [6.45, 7) is 6.58. The van der Waals surface area contributed by atoms with Crippen LogP contribution in [-0.2, 0) is 14.6 Å². The summed E-state index contributed by atoms with van der Waals surface area (Å²) in [5.74, 6) is -0.351. The number of hydrogen-bond acceptors (Lipinski definition) is 5. The van der Waals surface area contributed by atoms with Gasteiger partial charge in [0.05, 0.1) is 12.3 Å². The highest BCUT2D eigenvalue weighted by Gasteiger charge is 2.21. The van der Waals surface area contributed by atoms with Gasteiger partial charge in [0.15, 0.2) is 15.8 Å². The Morgan fingerprint density at radius 1 is 1.31 bits per heavy atom. The Hall–Kier alpha value is -1.71. The summed E-state index contributed by atoms with van der Waals surface area (Å²) >= 11 is 0. The van der Waals surface area contributed by atoms with E-state index in [-0.39, 0.29) is 17.2 Å². The van der Waals surface area contributed by atoms with E-state index in [4.69, 9.17) is 4.74 Å². The molecule has 1 fully saturated rings. The molecule has 0 bridgehead atoms. The molecule has 1 heterocycles. The van der Waals surface area contributed by atoms with Crippen LogP contribution in [0.15, 0.2) is 34.2 Å². The van der Waals surface area contributed by atoms with Crippen LogP contribution in [0.2, 0.25) is 0 Å². The van der Waals surface area contributed by atoms with Crippen molar-refractivity contribution in [2.75, 3.05) is 52.2 Å². The summed E-state index contributed by atoms with van der Waals surface area (Å²) in [6, 6.07) is 5.74. The van der Waals surface area contributed by atoms with Gasteiger partial charge in [0.1, 0.15) is 10.7 Å². The van der Waals surface area contributed by atoms with Crippen molar-refractivity contribution in [2.45, 2.75) is 37.1 Å². The van der Waals surface area contributed by atoms with Crippen molar-refractivity contribution in [3.8, 4) is 0 Å². The number of hydrogen-bond donors (Lipinski definition) is 2. The third kappa shape index (κ3) is 7.91. The van der Waals surface area contributed by atoms with Crippen molar-refractivity contribution in [3.05, 3.63) is 30.1 Å². The molecule has 9 heteroatoms. The lowest BCUT2D eigenvalue weighted by atomic mass is 10.1. The zero-order chi connectivity index (χ0) is 21.1. The van der Waals surface area contributed by atoms with E-state index in [1.807, 2.05) is 6.92 Å². The van der Waals surface area contributed by atoms with Crippen molar-refractivity contribution >= 4 is 15.8 Å². The summed E-state index contributed by atoms with van der Waals surface area (Å²) in [4.78, 5) is 6.55. The average molecular weight is 429 g/mol. The lowest BCUT2D eigenvalue weighted by Gasteiger charge is -2.33. The van der Waals surface area contributed by atoms with E-state index in [0.29, 0.717) is 18.5 Å². The Labute approximate surface area is 173 Å². The number of halogens is 1. The molecule has 0 aromatic heterocycles. The van der Waals surface area contributed by atoms with Crippen LogP contribution in [0.1, 0.15) is 26.2 Å². The van der Waals surface area contributed by atoms with Crippen LogP contribution in [-0.4, -0.2) is 77.5 Å². The third-order valence-corrected chi connectivity index (χ3v) is 6.62. The van der Waals surface area contributed by atoms with E-state index in [0.717, 1.165) is 51.6 Å². The second kappa shape index (κ2) is 12.1. The highest BCUT2D eigenvalue weighted by molar-refractivity contribution is 7.91. The van der Waals surface area contributed by atoms with E-state index in [1.54, 1.807) is 7.11 Å². The first kappa shape index (κ1) is 23.6. The van der Waals surface area contributed by atoms with Crippen molar-refractivity contribution in [1.29, 1.82) is 0 Å². The molecule has 2 N–H and O–H groups in total. The smallest absolute Gasteiger partial charge is 0.191 e. The Morgan fingerprint density at radius 2 is 2.03 bits per heavy atom. The van der Waals surface area contributed by atoms with E-state index in [2.05, 4.69) is 20.5 Å². The molecule has 1 aromatic rings. The molecule has 0 aliphatic carbocycles. The Balaban J connectivity index is 1.85. The fourth-order valence-electron chi connectivity index (χ4n) is 3.33. The van der Waals surface area contributed by atoms with E-state index >= 15 is 0 Å². The normalized spacial score (nSPS) is 16.7. The van der Waals surface area contributed by atoms with Gasteiger partial charge in [-0.05, 0) is 38.3 Å². The molecule has 0 spiro atoms. The molecule has 0 atom stereocenters. The minimum atomic E-state index is -3.71. The van der Waals surface area contributed by atoms with Crippen LogP contribution in [0.5, 0.6) is 0 Å². The summed E-state index contributed by atoms with van der Waals surface area (Å²) < 4.78 is 43.6. The van der Waals surface area contributed by atoms with Crippen LogP contribution < -0.4 is 10.6 Å². The lowest BCUT2D eigenvalue weighted by Crippen LogP contribution is -2.49. The first-order valence-corrected chi connectivity index (χ1v) is 11.8. The largest absolute Gasteiger partial charge is 0.385 e. The quantitative estimate of drug-likeness (QED) is 0.335. The van der Waals surface area contributed by atoms with Gasteiger partial charge in [-0.2, -0.15) is 0 Å². The summed E-state index contributed by atoms with van der Waals surface area (Å²) in [5.41, 5.74) is 0. The molecular weight excluding hydrogens is 395 g/mol. The van der Waals surface area contributed by atoms with Gasteiger partial charge < -0.3 is 20.3 Å². The molecule has 0 amide bonds. The molecule has 164 valence electrons. The molecule has 2 rings (SSSR count). The Morgan fingerprint density at radius 3 is 2.69 bits per heavy atom. The van der Waals surface area contributed by atoms with E-state index in [9.17, 15) is 12.8 Å². The second-order valence-corrected chi connectivity index (χ2v) is 9.19. The van der Waals surface area contributed by atoms with E-state index < -0.39 is 15.7 Å². The standard InChI is InChI=1S/C20H33FN4O3S/c1-3-22-20(24-17-9-13-25(14-10-17)12-6-15-28-2)23-11-16-29(26,27)19-8-5-4-7-18(19)21/h4-5,7-8,17H,3,6,9-16H2,1-2H3,(H2,22,23,24). The molecule has 1 aliphatic heterocycles. The van der Waals surface area contributed by atoms with Gasteiger partial charge >= 0.3 is 0 Å². The second-order valence-electron chi connectivity index (χ2n) is 7.12.